The van der Waals surface area contributed by atoms with Crippen molar-refractivity contribution in [2.45, 2.75) is 19.5 Å². The highest BCUT2D eigenvalue weighted by Crippen LogP contribution is 2.21. The molecule has 1 aliphatic heterocycles. The Morgan fingerprint density at radius 1 is 1.35 bits per heavy atom. The fourth-order valence-electron chi connectivity index (χ4n) is 2.32. The molecule has 20 heavy (non-hydrogen) atoms. The average molecular weight is 337 g/mol. The molecule has 1 fully saturated rings. The highest BCUT2D eigenvalue weighted by Gasteiger charge is 2.20. The Labute approximate surface area is 126 Å². The van der Waals surface area contributed by atoms with Crippen LogP contribution in [0, 0.1) is 0 Å². The van der Waals surface area contributed by atoms with E-state index in [4.69, 9.17) is 4.42 Å². The van der Waals surface area contributed by atoms with Gasteiger partial charge in [-0.05, 0) is 31.2 Å². The highest BCUT2D eigenvalue weighted by molar-refractivity contribution is 9.10. The Morgan fingerprint density at radius 3 is 2.90 bits per heavy atom. The molecule has 6 heteroatoms. The standard InChI is InChI=1S/C14H17BrN4O/c1-10-8-16-6-7-19(10)9-13-17-18-14(20-13)11-2-4-12(15)5-3-11/h2-5,10,16H,6-9H2,1H3. The summed E-state index contributed by atoms with van der Waals surface area (Å²) in [5.74, 6) is 1.26. The van der Waals surface area contributed by atoms with Crippen LogP contribution in [-0.2, 0) is 6.54 Å². The Hall–Kier alpha value is -1.24. The van der Waals surface area contributed by atoms with Crippen LogP contribution in [0.5, 0.6) is 0 Å². The van der Waals surface area contributed by atoms with Crippen molar-refractivity contribution in [1.82, 2.24) is 20.4 Å². The first-order valence-corrected chi connectivity index (χ1v) is 7.55. The molecule has 0 bridgehead atoms. The molecule has 1 saturated heterocycles. The van der Waals surface area contributed by atoms with Gasteiger partial charge in [0.1, 0.15) is 0 Å². The third kappa shape index (κ3) is 3.08. The largest absolute Gasteiger partial charge is 0.419 e. The van der Waals surface area contributed by atoms with Crippen molar-refractivity contribution in [2.75, 3.05) is 19.6 Å². The number of nitrogens with zero attached hydrogens (tertiary/aromatic N) is 3. The van der Waals surface area contributed by atoms with Crippen LogP contribution in [-0.4, -0.2) is 40.8 Å². The van der Waals surface area contributed by atoms with Gasteiger partial charge in [-0.15, -0.1) is 10.2 Å². The van der Waals surface area contributed by atoms with Crippen molar-refractivity contribution >= 4 is 15.9 Å². The fourth-order valence-corrected chi connectivity index (χ4v) is 2.58. The van der Waals surface area contributed by atoms with Crippen LogP contribution in [0.3, 0.4) is 0 Å². The molecule has 1 atom stereocenters. The Bertz CT molecular complexity index is 569. The normalized spacial score (nSPS) is 20.2. The quantitative estimate of drug-likeness (QED) is 0.931. The van der Waals surface area contributed by atoms with Crippen molar-refractivity contribution in [1.29, 1.82) is 0 Å². The average Bonchev–Trinajstić information content (AvgIpc) is 2.91. The van der Waals surface area contributed by atoms with Crippen LogP contribution in [0.25, 0.3) is 11.5 Å². The molecule has 106 valence electrons. The number of piperazine rings is 1. The lowest BCUT2D eigenvalue weighted by atomic mass is 10.2. The van der Waals surface area contributed by atoms with Crippen molar-refractivity contribution in [3.63, 3.8) is 0 Å². The summed E-state index contributed by atoms with van der Waals surface area (Å²) in [5, 5.41) is 11.7. The molecule has 5 nitrogen and oxygen atoms in total. The number of benzene rings is 1. The summed E-state index contributed by atoms with van der Waals surface area (Å²) in [6.45, 7) is 5.95. The zero-order valence-electron chi connectivity index (χ0n) is 11.3. The molecule has 0 saturated carbocycles. The maximum atomic E-state index is 5.76. The van der Waals surface area contributed by atoms with E-state index in [9.17, 15) is 0 Å². The summed E-state index contributed by atoms with van der Waals surface area (Å²) >= 11 is 3.42. The molecule has 1 unspecified atom stereocenters. The molecule has 1 aliphatic rings. The number of hydrogen-bond donors (Lipinski definition) is 1. The van der Waals surface area contributed by atoms with Gasteiger partial charge in [0.05, 0.1) is 6.54 Å². The van der Waals surface area contributed by atoms with Crippen LogP contribution in [0.4, 0.5) is 0 Å². The van der Waals surface area contributed by atoms with E-state index < -0.39 is 0 Å². The maximum Gasteiger partial charge on any atom is 0.247 e. The van der Waals surface area contributed by atoms with Crippen molar-refractivity contribution in [2.24, 2.45) is 0 Å². The van der Waals surface area contributed by atoms with E-state index in [1.54, 1.807) is 0 Å². The van der Waals surface area contributed by atoms with Gasteiger partial charge in [0.2, 0.25) is 11.8 Å². The van der Waals surface area contributed by atoms with Gasteiger partial charge in [0.25, 0.3) is 0 Å². The van der Waals surface area contributed by atoms with Crippen molar-refractivity contribution < 1.29 is 4.42 Å². The van der Waals surface area contributed by atoms with Gasteiger partial charge in [0.15, 0.2) is 0 Å². The SMILES string of the molecule is CC1CNCCN1Cc1nnc(-c2ccc(Br)cc2)o1. The molecule has 0 aliphatic carbocycles. The van der Waals surface area contributed by atoms with Crippen molar-refractivity contribution in [3.8, 4) is 11.5 Å². The molecular weight excluding hydrogens is 320 g/mol. The molecule has 0 spiro atoms. The summed E-state index contributed by atoms with van der Waals surface area (Å²) in [6, 6.07) is 8.37. The van der Waals surface area contributed by atoms with Gasteiger partial charge in [-0.3, -0.25) is 4.90 Å². The molecular formula is C14H17BrN4O. The third-order valence-electron chi connectivity index (χ3n) is 3.54. The number of aromatic nitrogens is 2. The number of halogens is 1. The molecule has 1 N–H and O–H groups in total. The van der Waals surface area contributed by atoms with Gasteiger partial charge in [-0.25, -0.2) is 0 Å². The lowest BCUT2D eigenvalue weighted by Crippen LogP contribution is -2.49. The number of rotatable bonds is 3. The Balaban J connectivity index is 1.71. The Kier molecular flexibility index (Phi) is 4.14. The van der Waals surface area contributed by atoms with Gasteiger partial charge in [-0.1, -0.05) is 15.9 Å². The summed E-state index contributed by atoms with van der Waals surface area (Å²) in [4.78, 5) is 2.36. The first-order chi connectivity index (χ1) is 9.72. The van der Waals surface area contributed by atoms with E-state index in [-0.39, 0.29) is 0 Å². The minimum Gasteiger partial charge on any atom is -0.419 e. The topological polar surface area (TPSA) is 54.2 Å². The molecule has 1 aromatic heterocycles. The van der Waals surface area contributed by atoms with E-state index in [1.807, 2.05) is 24.3 Å². The molecule has 3 rings (SSSR count). The maximum absolute atomic E-state index is 5.76. The summed E-state index contributed by atoms with van der Waals surface area (Å²) in [7, 11) is 0. The first-order valence-electron chi connectivity index (χ1n) is 6.75. The van der Waals surface area contributed by atoms with Crippen molar-refractivity contribution in [3.05, 3.63) is 34.6 Å². The number of nitrogens with one attached hydrogen (secondary N) is 1. The predicted molar refractivity (Wildman–Crippen MR) is 80.2 cm³/mol. The minimum absolute atomic E-state index is 0.492. The zero-order valence-corrected chi connectivity index (χ0v) is 12.9. The monoisotopic (exact) mass is 336 g/mol. The second-order valence-electron chi connectivity index (χ2n) is 5.03. The summed E-state index contributed by atoms with van der Waals surface area (Å²) < 4.78 is 6.80. The minimum atomic E-state index is 0.492. The first kappa shape index (κ1) is 13.7. The second kappa shape index (κ2) is 6.03. The highest BCUT2D eigenvalue weighted by atomic mass is 79.9. The second-order valence-corrected chi connectivity index (χ2v) is 5.95. The van der Waals surface area contributed by atoms with Crippen LogP contribution in [0.2, 0.25) is 0 Å². The van der Waals surface area contributed by atoms with E-state index in [2.05, 4.69) is 43.3 Å². The smallest absolute Gasteiger partial charge is 0.247 e. The van der Waals surface area contributed by atoms with Gasteiger partial charge in [-0.2, -0.15) is 0 Å². The van der Waals surface area contributed by atoms with Gasteiger partial charge < -0.3 is 9.73 Å². The molecule has 1 aromatic carbocycles. The van der Waals surface area contributed by atoms with Crippen LogP contribution in [0.15, 0.2) is 33.2 Å². The molecule has 2 aromatic rings. The lowest BCUT2D eigenvalue weighted by Gasteiger charge is -2.32. The summed E-state index contributed by atoms with van der Waals surface area (Å²) in [5.41, 5.74) is 0.945. The lowest BCUT2D eigenvalue weighted by molar-refractivity contribution is 0.151. The summed E-state index contributed by atoms with van der Waals surface area (Å²) in [6.07, 6.45) is 0. The van der Waals surface area contributed by atoms with Crippen LogP contribution < -0.4 is 5.32 Å². The van der Waals surface area contributed by atoms with E-state index >= 15 is 0 Å². The zero-order chi connectivity index (χ0) is 13.9. The number of hydrogen-bond acceptors (Lipinski definition) is 5. The Morgan fingerprint density at radius 2 is 2.15 bits per heavy atom. The fraction of sp³-hybridized carbons (Fsp3) is 0.429. The molecule has 0 radical (unpaired) electrons. The van der Waals surface area contributed by atoms with Crippen LogP contribution >= 0.6 is 15.9 Å². The van der Waals surface area contributed by atoms with E-state index in [1.165, 1.54) is 0 Å². The van der Waals surface area contributed by atoms with Gasteiger partial charge >= 0.3 is 0 Å². The predicted octanol–water partition coefficient (Wildman–Crippen LogP) is 2.29. The molecule has 0 amide bonds. The third-order valence-corrected chi connectivity index (χ3v) is 4.06. The van der Waals surface area contributed by atoms with E-state index in [0.29, 0.717) is 24.4 Å². The van der Waals surface area contributed by atoms with E-state index in [0.717, 1.165) is 29.7 Å². The molecule has 2 heterocycles. The van der Waals surface area contributed by atoms with Crippen LogP contribution in [0.1, 0.15) is 12.8 Å². The van der Waals surface area contributed by atoms with Gasteiger partial charge in [0, 0.05) is 35.7 Å².